The lowest BCUT2D eigenvalue weighted by Gasteiger charge is -2.32. The summed E-state index contributed by atoms with van der Waals surface area (Å²) in [7, 11) is 0. The number of hydrogen-bond acceptors (Lipinski definition) is 5. The second-order valence-corrected chi connectivity index (χ2v) is 7.50. The first-order valence-electron chi connectivity index (χ1n) is 9.21. The fraction of sp³-hybridized carbons (Fsp3) is 0.333. The summed E-state index contributed by atoms with van der Waals surface area (Å²) in [6, 6.07) is 7.94. The van der Waals surface area contributed by atoms with Crippen molar-refractivity contribution >= 4 is 5.84 Å². The minimum absolute atomic E-state index is 0.131. The third-order valence-electron chi connectivity index (χ3n) is 5.56. The van der Waals surface area contributed by atoms with Crippen LogP contribution in [0.4, 0.5) is 0 Å². The van der Waals surface area contributed by atoms with Crippen molar-refractivity contribution in [2.24, 2.45) is 16.8 Å². The Labute approximate surface area is 165 Å². The van der Waals surface area contributed by atoms with Gasteiger partial charge in [0.15, 0.2) is 0 Å². The van der Waals surface area contributed by atoms with Crippen LogP contribution in [0, 0.1) is 19.8 Å². The summed E-state index contributed by atoms with van der Waals surface area (Å²) >= 11 is 0. The molecule has 7 nitrogen and oxygen atoms in total. The maximum absolute atomic E-state index is 9.18. The standard InChI is InChI=1S/C21H26N6O/c1-13(2)21(5,19(22)26-28)17-8-9-18(23-12-17)16-10-24-20(25-11-16)27-14(3)6-7-15(27)4/h6-13,28H,1-5H3,(H2,22,26). The van der Waals surface area contributed by atoms with Crippen LogP contribution in [0.5, 0.6) is 0 Å². The monoisotopic (exact) mass is 378 g/mol. The second kappa shape index (κ2) is 7.42. The molecule has 1 unspecified atom stereocenters. The Balaban J connectivity index is 1.92. The number of oxime groups is 1. The molecule has 0 radical (unpaired) electrons. The number of pyridine rings is 1. The SMILES string of the molecule is Cc1ccc(C)n1-c1ncc(-c2ccc(C(C)(C(N)=NO)C(C)C)cn2)cn1. The smallest absolute Gasteiger partial charge is 0.234 e. The van der Waals surface area contributed by atoms with Crippen LogP contribution >= 0.6 is 0 Å². The lowest BCUT2D eigenvalue weighted by Crippen LogP contribution is -2.43. The van der Waals surface area contributed by atoms with Gasteiger partial charge < -0.3 is 10.9 Å². The van der Waals surface area contributed by atoms with E-state index in [4.69, 9.17) is 5.73 Å². The zero-order valence-electron chi connectivity index (χ0n) is 16.9. The first-order valence-corrected chi connectivity index (χ1v) is 9.21. The van der Waals surface area contributed by atoms with Crippen LogP contribution in [-0.2, 0) is 5.41 Å². The fourth-order valence-corrected chi connectivity index (χ4v) is 3.31. The number of nitrogens with two attached hydrogens (primary N) is 1. The van der Waals surface area contributed by atoms with Gasteiger partial charge in [0.2, 0.25) is 5.95 Å². The Morgan fingerprint density at radius 3 is 2.11 bits per heavy atom. The highest BCUT2D eigenvalue weighted by Crippen LogP contribution is 2.32. The highest BCUT2D eigenvalue weighted by molar-refractivity contribution is 5.91. The molecule has 0 aromatic carbocycles. The summed E-state index contributed by atoms with van der Waals surface area (Å²) in [5.41, 5.74) is 10.0. The fourth-order valence-electron chi connectivity index (χ4n) is 3.31. The normalized spacial score (nSPS) is 14.3. The van der Waals surface area contributed by atoms with Gasteiger partial charge in [-0.1, -0.05) is 25.1 Å². The van der Waals surface area contributed by atoms with E-state index in [0.717, 1.165) is 28.2 Å². The zero-order chi connectivity index (χ0) is 20.5. The van der Waals surface area contributed by atoms with Crippen molar-refractivity contribution in [2.75, 3.05) is 0 Å². The zero-order valence-corrected chi connectivity index (χ0v) is 16.9. The van der Waals surface area contributed by atoms with Crippen LogP contribution in [0.15, 0.2) is 48.0 Å². The van der Waals surface area contributed by atoms with Gasteiger partial charge in [-0.15, -0.1) is 0 Å². The van der Waals surface area contributed by atoms with Crippen molar-refractivity contribution < 1.29 is 5.21 Å². The van der Waals surface area contributed by atoms with Gasteiger partial charge in [-0.05, 0) is 50.5 Å². The van der Waals surface area contributed by atoms with Gasteiger partial charge >= 0.3 is 0 Å². The Morgan fingerprint density at radius 2 is 1.64 bits per heavy atom. The lowest BCUT2D eigenvalue weighted by molar-refractivity contribution is 0.306. The third-order valence-corrected chi connectivity index (χ3v) is 5.56. The summed E-state index contributed by atoms with van der Waals surface area (Å²) in [6.45, 7) is 10.1. The van der Waals surface area contributed by atoms with Gasteiger partial charge in [-0.3, -0.25) is 9.55 Å². The second-order valence-electron chi connectivity index (χ2n) is 7.50. The van der Waals surface area contributed by atoms with Gasteiger partial charge in [0, 0.05) is 35.5 Å². The van der Waals surface area contributed by atoms with E-state index in [1.807, 2.05) is 63.5 Å². The molecule has 3 aromatic rings. The van der Waals surface area contributed by atoms with Crippen molar-refractivity contribution in [3.05, 3.63) is 59.8 Å². The molecule has 0 saturated carbocycles. The van der Waals surface area contributed by atoms with Gasteiger partial charge in [0.25, 0.3) is 0 Å². The molecule has 3 rings (SSSR count). The Bertz CT molecular complexity index is 969. The van der Waals surface area contributed by atoms with Gasteiger partial charge in [-0.2, -0.15) is 0 Å². The molecule has 0 aliphatic heterocycles. The Morgan fingerprint density at radius 1 is 1.04 bits per heavy atom. The molecule has 0 saturated heterocycles. The maximum Gasteiger partial charge on any atom is 0.234 e. The summed E-state index contributed by atoms with van der Waals surface area (Å²) in [5, 5.41) is 12.4. The Kier molecular flexibility index (Phi) is 5.18. The van der Waals surface area contributed by atoms with Crippen molar-refractivity contribution in [3.8, 4) is 17.2 Å². The first-order chi connectivity index (χ1) is 13.3. The highest BCUT2D eigenvalue weighted by Gasteiger charge is 2.35. The number of amidine groups is 1. The van der Waals surface area contributed by atoms with E-state index < -0.39 is 5.41 Å². The topological polar surface area (TPSA) is 102 Å². The predicted molar refractivity (Wildman–Crippen MR) is 110 cm³/mol. The van der Waals surface area contributed by atoms with Gasteiger partial charge in [-0.25, -0.2) is 9.97 Å². The number of hydrogen-bond donors (Lipinski definition) is 2. The average Bonchev–Trinajstić information content (AvgIpc) is 3.05. The van der Waals surface area contributed by atoms with Crippen molar-refractivity contribution in [1.29, 1.82) is 0 Å². The van der Waals surface area contributed by atoms with Crippen molar-refractivity contribution in [1.82, 2.24) is 19.5 Å². The van der Waals surface area contributed by atoms with Gasteiger partial charge in [0.05, 0.1) is 11.1 Å². The van der Waals surface area contributed by atoms with E-state index in [1.165, 1.54) is 0 Å². The van der Waals surface area contributed by atoms with Crippen LogP contribution in [0.2, 0.25) is 0 Å². The van der Waals surface area contributed by atoms with Crippen LogP contribution in [0.25, 0.3) is 17.2 Å². The quantitative estimate of drug-likeness (QED) is 0.306. The van der Waals surface area contributed by atoms with E-state index >= 15 is 0 Å². The maximum atomic E-state index is 9.18. The molecule has 146 valence electrons. The van der Waals surface area contributed by atoms with Crippen LogP contribution in [-0.4, -0.2) is 30.6 Å². The minimum Gasteiger partial charge on any atom is -0.409 e. The van der Waals surface area contributed by atoms with E-state index in [2.05, 4.69) is 20.1 Å². The summed E-state index contributed by atoms with van der Waals surface area (Å²) in [6.07, 6.45) is 5.31. The van der Waals surface area contributed by atoms with Crippen LogP contribution in [0.1, 0.15) is 37.7 Å². The molecule has 0 amide bonds. The van der Waals surface area contributed by atoms with E-state index in [0.29, 0.717) is 5.95 Å². The molecule has 3 heterocycles. The summed E-state index contributed by atoms with van der Waals surface area (Å²) in [4.78, 5) is 13.6. The lowest BCUT2D eigenvalue weighted by atomic mass is 9.73. The first kappa shape index (κ1) is 19.5. The van der Waals surface area contributed by atoms with E-state index in [1.54, 1.807) is 18.6 Å². The molecule has 3 N–H and O–H groups in total. The molecular weight excluding hydrogens is 352 g/mol. The largest absolute Gasteiger partial charge is 0.409 e. The van der Waals surface area contributed by atoms with Crippen LogP contribution in [0.3, 0.4) is 0 Å². The van der Waals surface area contributed by atoms with E-state index in [-0.39, 0.29) is 11.8 Å². The third kappa shape index (κ3) is 3.24. The molecule has 0 fully saturated rings. The van der Waals surface area contributed by atoms with Crippen molar-refractivity contribution in [2.45, 2.75) is 40.0 Å². The molecule has 0 bridgehead atoms. The molecule has 0 aliphatic carbocycles. The average molecular weight is 378 g/mol. The molecule has 7 heteroatoms. The minimum atomic E-state index is -0.607. The number of aryl methyl sites for hydroxylation is 2. The molecule has 3 aromatic heterocycles. The molecule has 1 atom stereocenters. The number of nitrogens with zero attached hydrogens (tertiary/aromatic N) is 5. The Hall–Kier alpha value is -3.22. The summed E-state index contributed by atoms with van der Waals surface area (Å²) < 4.78 is 2.01. The van der Waals surface area contributed by atoms with E-state index in [9.17, 15) is 5.21 Å². The number of rotatable bonds is 5. The van der Waals surface area contributed by atoms with Crippen LogP contribution < -0.4 is 5.73 Å². The van der Waals surface area contributed by atoms with Gasteiger partial charge in [0.1, 0.15) is 5.84 Å². The van der Waals surface area contributed by atoms with Crippen molar-refractivity contribution in [3.63, 3.8) is 0 Å². The molecule has 0 spiro atoms. The molecule has 0 aliphatic rings. The predicted octanol–water partition coefficient (Wildman–Crippen LogP) is 3.61. The highest BCUT2D eigenvalue weighted by atomic mass is 16.4. The molecule has 28 heavy (non-hydrogen) atoms. The number of aromatic nitrogens is 4. The molecular formula is C21H26N6O. The summed E-state index contributed by atoms with van der Waals surface area (Å²) in [5.74, 6) is 0.939.